The van der Waals surface area contributed by atoms with Crippen molar-refractivity contribution in [3.05, 3.63) is 35.6 Å². The zero-order valence-electron chi connectivity index (χ0n) is 7.24. The van der Waals surface area contributed by atoms with Gasteiger partial charge in [0.25, 0.3) is 0 Å². The monoisotopic (exact) mass is 201 g/mol. The third-order valence-corrected chi connectivity index (χ3v) is 2.50. The summed E-state index contributed by atoms with van der Waals surface area (Å²) in [5.41, 5.74) is 6.61. The summed E-state index contributed by atoms with van der Waals surface area (Å²) >= 11 is 0. The van der Waals surface area contributed by atoms with Crippen LogP contribution in [0.5, 0.6) is 0 Å². The molecule has 72 valence electrons. The molecule has 2 atom stereocenters. The highest BCUT2D eigenvalue weighted by Gasteiger charge is 2.36. The van der Waals surface area contributed by atoms with Gasteiger partial charge in [-0.25, -0.2) is 4.39 Å². The Kier molecular flexibility index (Phi) is 3.28. The smallest absolute Gasteiger partial charge is 0.123 e. The molecule has 2 unspecified atom stereocenters. The summed E-state index contributed by atoms with van der Waals surface area (Å²) in [5, 5.41) is 0. The SMILES string of the molecule is Cl.NCC1CC1c1cccc(F)c1. The molecule has 0 radical (unpaired) electrons. The Morgan fingerprint density at radius 1 is 1.46 bits per heavy atom. The first kappa shape index (κ1) is 10.5. The van der Waals surface area contributed by atoms with Crippen LogP contribution in [-0.2, 0) is 0 Å². The number of hydrogen-bond donors (Lipinski definition) is 1. The third-order valence-electron chi connectivity index (χ3n) is 2.50. The Labute approximate surface area is 83.5 Å². The van der Waals surface area contributed by atoms with Crippen molar-refractivity contribution in [2.75, 3.05) is 6.54 Å². The Hall–Kier alpha value is -0.600. The first-order chi connectivity index (χ1) is 5.81. The fourth-order valence-electron chi connectivity index (χ4n) is 1.65. The molecule has 0 bridgehead atoms. The van der Waals surface area contributed by atoms with E-state index in [1.807, 2.05) is 6.07 Å². The predicted octanol–water partition coefficient (Wildman–Crippen LogP) is 2.31. The van der Waals surface area contributed by atoms with Gasteiger partial charge in [0.2, 0.25) is 0 Å². The van der Waals surface area contributed by atoms with Crippen LogP contribution in [0.25, 0.3) is 0 Å². The second kappa shape index (κ2) is 4.07. The van der Waals surface area contributed by atoms with E-state index in [1.54, 1.807) is 12.1 Å². The molecule has 1 aromatic carbocycles. The maximum atomic E-state index is 12.8. The molecule has 3 heteroatoms. The molecule has 1 nitrogen and oxygen atoms in total. The molecule has 0 spiro atoms. The molecule has 13 heavy (non-hydrogen) atoms. The van der Waals surface area contributed by atoms with Gasteiger partial charge in [-0.15, -0.1) is 12.4 Å². The Balaban J connectivity index is 0.000000845. The molecule has 0 heterocycles. The zero-order chi connectivity index (χ0) is 8.55. The molecule has 0 aliphatic heterocycles. The number of hydrogen-bond acceptors (Lipinski definition) is 1. The topological polar surface area (TPSA) is 26.0 Å². The fourth-order valence-corrected chi connectivity index (χ4v) is 1.65. The Morgan fingerprint density at radius 2 is 2.23 bits per heavy atom. The molecule has 0 aromatic heterocycles. The third kappa shape index (κ3) is 2.20. The van der Waals surface area contributed by atoms with E-state index in [-0.39, 0.29) is 18.2 Å². The van der Waals surface area contributed by atoms with Gasteiger partial charge >= 0.3 is 0 Å². The van der Waals surface area contributed by atoms with E-state index in [9.17, 15) is 4.39 Å². The van der Waals surface area contributed by atoms with Crippen LogP contribution in [0.4, 0.5) is 4.39 Å². The largest absolute Gasteiger partial charge is 0.330 e. The Bertz CT molecular complexity index is 290. The van der Waals surface area contributed by atoms with Gasteiger partial charge in [-0.3, -0.25) is 0 Å². The van der Waals surface area contributed by atoms with E-state index in [2.05, 4.69) is 0 Å². The summed E-state index contributed by atoms with van der Waals surface area (Å²) < 4.78 is 12.8. The van der Waals surface area contributed by atoms with Crippen LogP contribution in [0.15, 0.2) is 24.3 Å². The average Bonchev–Trinajstić information content (AvgIpc) is 2.83. The first-order valence-electron chi connectivity index (χ1n) is 4.27. The van der Waals surface area contributed by atoms with Gasteiger partial charge in [-0.1, -0.05) is 12.1 Å². The van der Waals surface area contributed by atoms with E-state index in [1.165, 1.54) is 6.07 Å². The lowest BCUT2D eigenvalue weighted by molar-refractivity contribution is 0.624. The van der Waals surface area contributed by atoms with Crippen LogP contribution in [-0.4, -0.2) is 6.54 Å². The molecular formula is C10H13ClFN. The highest BCUT2D eigenvalue weighted by Crippen LogP contribution is 2.46. The normalized spacial score (nSPS) is 25.1. The fraction of sp³-hybridized carbons (Fsp3) is 0.400. The van der Waals surface area contributed by atoms with Crippen LogP contribution >= 0.6 is 12.4 Å². The van der Waals surface area contributed by atoms with Crippen molar-refractivity contribution in [2.45, 2.75) is 12.3 Å². The highest BCUT2D eigenvalue weighted by molar-refractivity contribution is 5.85. The van der Waals surface area contributed by atoms with E-state index in [0.29, 0.717) is 11.8 Å². The lowest BCUT2D eigenvalue weighted by atomic mass is 10.1. The van der Waals surface area contributed by atoms with Crippen LogP contribution in [0.3, 0.4) is 0 Å². The van der Waals surface area contributed by atoms with Crippen molar-refractivity contribution in [3.63, 3.8) is 0 Å². The zero-order valence-corrected chi connectivity index (χ0v) is 8.06. The molecule has 1 aliphatic rings. The average molecular weight is 202 g/mol. The minimum Gasteiger partial charge on any atom is -0.330 e. The summed E-state index contributed by atoms with van der Waals surface area (Å²) in [6, 6.07) is 6.82. The summed E-state index contributed by atoms with van der Waals surface area (Å²) in [7, 11) is 0. The summed E-state index contributed by atoms with van der Waals surface area (Å²) in [6.07, 6.45) is 1.12. The van der Waals surface area contributed by atoms with E-state index >= 15 is 0 Å². The van der Waals surface area contributed by atoms with Crippen molar-refractivity contribution in [1.29, 1.82) is 0 Å². The molecule has 1 aromatic rings. The van der Waals surface area contributed by atoms with Crippen LogP contribution < -0.4 is 5.73 Å². The maximum absolute atomic E-state index is 12.8. The minimum atomic E-state index is -0.143. The molecule has 1 fully saturated rings. The molecule has 1 aliphatic carbocycles. The van der Waals surface area contributed by atoms with Gasteiger partial charge in [-0.05, 0) is 42.5 Å². The minimum absolute atomic E-state index is 0. The van der Waals surface area contributed by atoms with Crippen molar-refractivity contribution in [1.82, 2.24) is 0 Å². The first-order valence-corrected chi connectivity index (χ1v) is 4.27. The van der Waals surface area contributed by atoms with Crippen LogP contribution in [0, 0.1) is 11.7 Å². The van der Waals surface area contributed by atoms with Gasteiger partial charge in [-0.2, -0.15) is 0 Å². The van der Waals surface area contributed by atoms with Gasteiger partial charge in [0.15, 0.2) is 0 Å². The quantitative estimate of drug-likeness (QED) is 0.781. The standard InChI is InChI=1S/C10H12FN.ClH/c11-9-3-1-2-7(4-9)10-5-8(10)6-12;/h1-4,8,10H,5-6,12H2;1H. The highest BCUT2D eigenvalue weighted by atomic mass is 35.5. The Morgan fingerprint density at radius 3 is 2.77 bits per heavy atom. The number of benzene rings is 1. The predicted molar refractivity (Wildman–Crippen MR) is 53.6 cm³/mol. The van der Waals surface area contributed by atoms with Gasteiger partial charge in [0.1, 0.15) is 5.82 Å². The van der Waals surface area contributed by atoms with Crippen molar-refractivity contribution < 1.29 is 4.39 Å². The summed E-state index contributed by atoms with van der Waals surface area (Å²) in [5.74, 6) is 0.965. The number of rotatable bonds is 2. The lowest BCUT2D eigenvalue weighted by Gasteiger charge is -1.98. The number of nitrogens with two attached hydrogens (primary N) is 1. The van der Waals surface area contributed by atoms with Crippen LogP contribution in [0.1, 0.15) is 17.9 Å². The van der Waals surface area contributed by atoms with Crippen molar-refractivity contribution in [2.24, 2.45) is 11.7 Å². The van der Waals surface area contributed by atoms with Gasteiger partial charge < -0.3 is 5.73 Å². The molecular weight excluding hydrogens is 189 g/mol. The lowest BCUT2D eigenvalue weighted by Crippen LogP contribution is -2.01. The van der Waals surface area contributed by atoms with E-state index in [4.69, 9.17) is 5.73 Å². The summed E-state index contributed by atoms with van der Waals surface area (Å²) in [6.45, 7) is 0.723. The molecule has 2 rings (SSSR count). The molecule has 2 N–H and O–H groups in total. The second-order valence-electron chi connectivity index (χ2n) is 3.39. The van der Waals surface area contributed by atoms with Gasteiger partial charge in [0, 0.05) is 0 Å². The van der Waals surface area contributed by atoms with E-state index in [0.717, 1.165) is 18.5 Å². The molecule has 0 amide bonds. The summed E-state index contributed by atoms with van der Waals surface area (Å²) in [4.78, 5) is 0. The second-order valence-corrected chi connectivity index (χ2v) is 3.39. The van der Waals surface area contributed by atoms with Crippen molar-refractivity contribution in [3.8, 4) is 0 Å². The van der Waals surface area contributed by atoms with Crippen molar-refractivity contribution >= 4 is 12.4 Å². The molecule has 0 saturated heterocycles. The maximum Gasteiger partial charge on any atom is 0.123 e. The molecule has 1 saturated carbocycles. The van der Waals surface area contributed by atoms with Gasteiger partial charge in [0.05, 0.1) is 0 Å². The number of halogens is 2. The van der Waals surface area contributed by atoms with E-state index < -0.39 is 0 Å². The van der Waals surface area contributed by atoms with Crippen LogP contribution in [0.2, 0.25) is 0 Å².